The van der Waals surface area contributed by atoms with Crippen LogP contribution in [0.3, 0.4) is 0 Å². The minimum absolute atomic E-state index is 0.0422. The van der Waals surface area contributed by atoms with E-state index < -0.39 is 0 Å². The van der Waals surface area contributed by atoms with Gasteiger partial charge in [0.15, 0.2) is 0 Å². The predicted octanol–water partition coefficient (Wildman–Crippen LogP) is 4.12. The molecule has 1 aliphatic heterocycles. The van der Waals surface area contributed by atoms with Crippen LogP contribution < -0.4 is 10.4 Å². The van der Waals surface area contributed by atoms with Crippen LogP contribution in [0.2, 0.25) is 0 Å². The Balaban J connectivity index is 1.85. The molecule has 0 bridgehead atoms. The van der Waals surface area contributed by atoms with Gasteiger partial charge in [-0.05, 0) is 12.5 Å². The molecule has 0 spiro atoms. The van der Waals surface area contributed by atoms with Crippen LogP contribution in [-0.2, 0) is 4.79 Å². The fraction of sp³-hybridized carbons (Fsp3) is 0.588. The zero-order valence-electron chi connectivity index (χ0n) is 13.6. The summed E-state index contributed by atoms with van der Waals surface area (Å²) in [6.45, 7) is 3.79. The molecule has 1 aromatic rings. The highest BCUT2D eigenvalue weighted by molar-refractivity contribution is 6.02. The third-order valence-electron chi connectivity index (χ3n) is 3.85. The summed E-state index contributed by atoms with van der Waals surface area (Å²) >= 11 is 0. The maximum absolute atomic E-state index is 11.8. The molecule has 0 saturated heterocycles. The van der Waals surface area contributed by atoms with Crippen molar-refractivity contribution in [1.29, 1.82) is 0 Å². The molecule has 1 aromatic heterocycles. The number of amidine groups is 1. The van der Waals surface area contributed by atoms with Gasteiger partial charge in [0, 0.05) is 19.5 Å². The average molecular weight is 302 g/mol. The van der Waals surface area contributed by atoms with Gasteiger partial charge >= 0.3 is 0 Å². The van der Waals surface area contributed by atoms with Crippen LogP contribution in [0.4, 0.5) is 11.4 Å². The van der Waals surface area contributed by atoms with Crippen LogP contribution in [0, 0.1) is 0 Å². The summed E-state index contributed by atoms with van der Waals surface area (Å²) in [6, 6.07) is 1.80. The molecule has 0 aliphatic carbocycles. The second-order valence-electron chi connectivity index (χ2n) is 5.76. The fourth-order valence-electron chi connectivity index (χ4n) is 2.62. The molecule has 0 fully saturated rings. The second kappa shape index (κ2) is 8.51. The lowest BCUT2D eigenvalue weighted by molar-refractivity contribution is -0.117. The first-order valence-corrected chi connectivity index (χ1v) is 8.31. The number of amides is 1. The van der Waals surface area contributed by atoms with Crippen molar-refractivity contribution >= 4 is 23.1 Å². The number of anilines is 1. The van der Waals surface area contributed by atoms with Gasteiger partial charge in [0.1, 0.15) is 11.5 Å². The Kier molecular flexibility index (Phi) is 6.37. The predicted molar refractivity (Wildman–Crippen MR) is 90.2 cm³/mol. The van der Waals surface area contributed by atoms with Gasteiger partial charge in [0.2, 0.25) is 5.91 Å². The third-order valence-corrected chi connectivity index (χ3v) is 3.85. The lowest BCUT2D eigenvalue weighted by atomic mass is 10.1. The summed E-state index contributed by atoms with van der Waals surface area (Å²) < 4.78 is 0. The van der Waals surface area contributed by atoms with E-state index in [9.17, 15) is 4.79 Å². The Bertz CT molecular complexity index is 527. The zero-order chi connectivity index (χ0) is 15.8. The van der Waals surface area contributed by atoms with Crippen LogP contribution in [0.15, 0.2) is 23.5 Å². The first-order valence-electron chi connectivity index (χ1n) is 8.31. The molecule has 0 radical (unpaired) electrons. The Morgan fingerprint density at radius 1 is 1.18 bits per heavy atom. The molecular weight excluding hydrogens is 276 g/mol. The summed E-state index contributed by atoms with van der Waals surface area (Å²) in [4.78, 5) is 20.4. The SMILES string of the molecule is CCCCCCCCCC1=Nc2cnccc2N(C(C)=O)N1. The topological polar surface area (TPSA) is 57.6 Å². The van der Waals surface area contributed by atoms with Crippen molar-refractivity contribution in [3.05, 3.63) is 18.5 Å². The van der Waals surface area contributed by atoms with E-state index in [2.05, 4.69) is 22.3 Å². The Labute approximate surface area is 132 Å². The highest BCUT2D eigenvalue weighted by Gasteiger charge is 2.21. The van der Waals surface area contributed by atoms with Gasteiger partial charge in [0.05, 0.1) is 11.9 Å². The largest absolute Gasteiger partial charge is 0.278 e. The number of hydrogen-bond acceptors (Lipinski definition) is 4. The molecule has 2 rings (SSSR count). The van der Waals surface area contributed by atoms with Crippen LogP contribution in [0.1, 0.15) is 65.2 Å². The molecule has 1 aliphatic rings. The highest BCUT2D eigenvalue weighted by atomic mass is 16.2. The van der Waals surface area contributed by atoms with Gasteiger partial charge in [-0.2, -0.15) is 0 Å². The number of pyridine rings is 1. The van der Waals surface area contributed by atoms with E-state index in [0.717, 1.165) is 30.1 Å². The first kappa shape index (κ1) is 16.5. The van der Waals surface area contributed by atoms with Crippen molar-refractivity contribution in [2.75, 3.05) is 5.01 Å². The number of hydrazine groups is 1. The molecule has 1 N–H and O–H groups in total. The minimum atomic E-state index is -0.0422. The number of nitrogens with one attached hydrogen (secondary N) is 1. The quantitative estimate of drug-likeness (QED) is 0.735. The van der Waals surface area contributed by atoms with E-state index in [0.29, 0.717) is 0 Å². The molecule has 22 heavy (non-hydrogen) atoms. The Morgan fingerprint density at radius 2 is 1.91 bits per heavy atom. The van der Waals surface area contributed by atoms with Crippen molar-refractivity contribution in [2.24, 2.45) is 4.99 Å². The Morgan fingerprint density at radius 3 is 2.64 bits per heavy atom. The smallest absolute Gasteiger partial charge is 0.242 e. The van der Waals surface area contributed by atoms with Gasteiger partial charge in [-0.25, -0.2) is 10.0 Å². The molecule has 0 aromatic carbocycles. The number of rotatable bonds is 8. The number of aliphatic imine (C=N–C) groups is 1. The van der Waals surface area contributed by atoms with Crippen LogP contribution in [0.5, 0.6) is 0 Å². The number of nitrogens with zero attached hydrogens (tertiary/aromatic N) is 3. The normalized spacial score (nSPS) is 13.4. The molecule has 0 unspecified atom stereocenters. The van der Waals surface area contributed by atoms with E-state index in [1.165, 1.54) is 38.5 Å². The second-order valence-corrected chi connectivity index (χ2v) is 5.76. The summed E-state index contributed by atoms with van der Waals surface area (Å²) in [5.41, 5.74) is 4.65. The van der Waals surface area contributed by atoms with Crippen molar-refractivity contribution in [1.82, 2.24) is 10.4 Å². The summed E-state index contributed by atoms with van der Waals surface area (Å²) in [6.07, 6.45) is 13.1. The zero-order valence-corrected chi connectivity index (χ0v) is 13.6. The lowest BCUT2D eigenvalue weighted by Crippen LogP contribution is -2.47. The van der Waals surface area contributed by atoms with Crippen molar-refractivity contribution in [3.8, 4) is 0 Å². The van der Waals surface area contributed by atoms with Gasteiger partial charge in [-0.1, -0.05) is 45.4 Å². The number of fused-ring (bicyclic) bond motifs is 1. The van der Waals surface area contributed by atoms with E-state index in [4.69, 9.17) is 0 Å². The standard InChI is InChI=1S/C17H26N4O/c1-3-4-5-6-7-8-9-10-17-19-15-13-18-12-11-16(15)21(20-17)14(2)22/h11-13H,3-10H2,1-2H3,(H,19,20). The van der Waals surface area contributed by atoms with Crippen LogP contribution >= 0.6 is 0 Å². The molecule has 5 heteroatoms. The minimum Gasteiger partial charge on any atom is -0.278 e. The van der Waals surface area contributed by atoms with Crippen molar-refractivity contribution < 1.29 is 4.79 Å². The molecule has 0 atom stereocenters. The molecule has 0 saturated carbocycles. The average Bonchev–Trinajstić information content (AvgIpc) is 2.53. The van der Waals surface area contributed by atoms with Gasteiger partial charge < -0.3 is 0 Å². The monoisotopic (exact) mass is 302 g/mol. The molecular formula is C17H26N4O. The highest BCUT2D eigenvalue weighted by Crippen LogP contribution is 2.29. The number of carbonyl (C=O) groups excluding carboxylic acids is 1. The van der Waals surface area contributed by atoms with Crippen molar-refractivity contribution in [3.63, 3.8) is 0 Å². The molecule has 1 amide bonds. The summed E-state index contributed by atoms with van der Waals surface area (Å²) in [5.74, 6) is 0.809. The maximum Gasteiger partial charge on any atom is 0.242 e. The summed E-state index contributed by atoms with van der Waals surface area (Å²) in [5, 5.41) is 1.56. The molecule has 5 nitrogen and oxygen atoms in total. The van der Waals surface area contributed by atoms with E-state index in [1.54, 1.807) is 30.4 Å². The van der Waals surface area contributed by atoms with Gasteiger partial charge in [-0.3, -0.25) is 15.2 Å². The maximum atomic E-state index is 11.8. The van der Waals surface area contributed by atoms with Crippen molar-refractivity contribution in [2.45, 2.75) is 65.2 Å². The Hall–Kier alpha value is -1.91. The van der Waals surface area contributed by atoms with E-state index in [-0.39, 0.29) is 5.91 Å². The summed E-state index contributed by atoms with van der Waals surface area (Å²) in [7, 11) is 0. The lowest BCUT2D eigenvalue weighted by Gasteiger charge is -2.28. The third kappa shape index (κ3) is 4.55. The van der Waals surface area contributed by atoms with E-state index >= 15 is 0 Å². The van der Waals surface area contributed by atoms with Crippen LogP contribution in [0.25, 0.3) is 0 Å². The first-order chi connectivity index (χ1) is 10.7. The molecule has 120 valence electrons. The molecule has 2 heterocycles. The number of unbranched alkanes of at least 4 members (excludes halogenated alkanes) is 6. The fourth-order valence-corrected chi connectivity index (χ4v) is 2.62. The van der Waals surface area contributed by atoms with E-state index in [1.807, 2.05) is 0 Å². The van der Waals surface area contributed by atoms with Gasteiger partial charge in [0.25, 0.3) is 0 Å². The van der Waals surface area contributed by atoms with Crippen LogP contribution in [-0.4, -0.2) is 16.7 Å². The number of aromatic nitrogens is 1. The number of hydrogen-bond donors (Lipinski definition) is 1. The number of carbonyl (C=O) groups is 1. The van der Waals surface area contributed by atoms with Gasteiger partial charge in [-0.15, -0.1) is 0 Å².